The Labute approximate surface area is 493 Å². The fraction of sp³-hybridized carbons (Fsp3) is 0.625. The van der Waals surface area contributed by atoms with Crippen molar-refractivity contribution in [2.24, 2.45) is 11.8 Å². The number of aromatic nitrogens is 2. The van der Waals surface area contributed by atoms with Gasteiger partial charge in [0, 0.05) is 48.7 Å². The molecule has 2 aromatic heterocycles. The van der Waals surface area contributed by atoms with Crippen molar-refractivity contribution >= 4 is 75.5 Å². The molecule has 2 aliphatic rings. The predicted octanol–water partition coefficient (Wildman–Crippen LogP) is 4.74. The molecule has 0 aliphatic carbocycles. The summed E-state index contributed by atoms with van der Waals surface area (Å²) < 4.78 is 56.2. The summed E-state index contributed by atoms with van der Waals surface area (Å²) in [5.41, 5.74) is 1.05. The zero-order valence-electron chi connectivity index (χ0n) is 48.4. The van der Waals surface area contributed by atoms with Gasteiger partial charge >= 0.3 is 6.09 Å². The van der Waals surface area contributed by atoms with Crippen LogP contribution in [-0.2, 0) is 89.2 Å². The molecule has 0 saturated carbocycles. The standard InChI is InChI=1S/C56H82N8O17S2/c1-39(2)50(61-45(65)15-19-72-21-23-74-25-27-76-29-31-78-33-34-79-32-30-77-28-26-75-24-22-73-20-18-64-47(66)11-12-48(64)67)53(70)59-40(3)51(68)60-43-9-7-41(8-10-43)37-80-55(71)63-16-13-42(14-17-63)52(69)62-54-58-36-49(83-54)82-38-46-57-35-44(81-46)56(4,5)6/h7-12,35-36,39-40,42,50H,13-34,37-38H2,1-6H3,(H,59,70)(H,60,68)(H,61,65)(H,58,62,69)/t40-,50-/m1/s1. The number of thioether (sulfide) groups is 1. The van der Waals surface area contributed by atoms with E-state index in [1.807, 2.05) is 0 Å². The Morgan fingerprint density at radius 2 is 1.22 bits per heavy atom. The van der Waals surface area contributed by atoms with Crippen LogP contribution in [0.4, 0.5) is 15.6 Å². The van der Waals surface area contributed by atoms with E-state index in [-0.39, 0.29) is 80.3 Å². The second-order valence-corrected chi connectivity index (χ2v) is 22.8. The molecule has 7 amide bonds. The lowest BCUT2D eigenvalue weighted by molar-refractivity contribution is -0.137. The molecule has 0 spiro atoms. The Hall–Kier alpha value is -5.88. The van der Waals surface area contributed by atoms with Crippen LogP contribution in [0.25, 0.3) is 0 Å². The van der Waals surface area contributed by atoms with Gasteiger partial charge in [-0.2, -0.15) is 0 Å². The van der Waals surface area contributed by atoms with Crippen LogP contribution in [0, 0.1) is 11.8 Å². The molecule has 2 aliphatic heterocycles. The van der Waals surface area contributed by atoms with Gasteiger partial charge in [-0.3, -0.25) is 33.7 Å². The first-order valence-electron chi connectivity index (χ1n) is 27.9. The molecule has 4 heterocycles. The van der Waals surface area contributed by atoms with Gasteiger partial charge < -0.3 is 73.2 Å². The minimum Gasteiger partial charge on any atom is -0.445 e. The number of amides is 7. The molecule has 3 aromatic rings. The van der Waals surface area contributed by atoms with Crippen molar-refractivity contribution in [3.63, 3.8) is 0 Å². The molecule has 0 bridgehead atoms. The summed E-state index contributed by atoms with van der Waals surface area (Å²) in [6.07, 6.45) is 6.47. The Balaban J connectivity index is 0.803. The number of rotatable bonds is 40. The number of imide groups is 1. The Bertz CT molecular complexity index is 2480. The molecule has 0 unspecified atom stereocenters. The van der Waals surface area contributed by atoms with Crippen LogP contribution < -0.4 is 21.3 Å². The number of carbonyl (C=O) groups excluding carboxylic acids is 7. The number of ether oxygens (including phenoxy) is 9. The van der Waals surface area contributed by atoms with E-state index in [4.69, 9.17) is 47.0 Å². The van der Waals surface area contributed by atoms with E-state index in [0.29, 0.717) is 140 Å². The summed E-state index contributed by atoms with van der Waals surface area (Å²) in [5.74, 6) is -0.669. The monoisotopic (exact) mass is 1200 g/mol. The third-order valence-corrected chi connectivity index (χ3v) is 14.6. The number of thiazole rings is 1. The van der Waals surface area contributed by atoms with Crippen molar-refractivity contribution in [2.75, 3.05) is 136 Å². The summed E-state index contributed by atoms with van der Waals surface area (Å²) in [6, 6.07) is 4.96. The summed E-state index contributed by atoms with van der Waals surface area (Å²) >= 11 is 2.92. The highest BCUT2D eigenvalue weighted by atomic mass is 32.2. The zero-order chi connectivity index (χ0) is 59.8. The molecule has 27 heteroatoms. The topological polar surface area (TPSA) is 296 Å². The molecule has 25 nitrogen and oxygen atoms in total. The maximum atomic E-state index is 13.2. The quantitative estimate of drug-likeness (QED) is 0.0340. The lowest BCUT2D eigenvalue weighted by Crippen LogP contribution is -2.53. The van der Waals surface area contributed by atoms with Crippen LogP contribution in [-0.4, -0.2) is 199 Å². The highest BCUT2D eigenvalue weighted by Gasteiger charge is 2.30. The lowest BCUT2D eigenvalue weighted by atomic mass is 9.94. The number of hydrogen-bond donors (Lipinski definition) is 4. The lowest BCUT2D eigenvalue weighted by Gasteiger charge is -2.30. The van der Waals surface area contributed by atoms with Crippen LogP contribution in [0.5, 0.6) is 0 Å². The zero-order valence-corrected chi connectivity index (χ0v) is 50.1. The van der Waals surface area contributed by atoms with Crippen molar-refractivity contribution in [1.82, 2.24) is 30.4 Å². The van der Waals surface area contributed by atoms with Crippen LogP contribution in [0.3, 0.4) is 0 Å². The Kier molecular flexibility index (Phi) is 30.6. The average Bonchev–Trinajstić information content (AvgIpc) is 4.34. The number of piperidine rings is 1. The van der Waals surface area contributed by atoms with Gasteiger partial charge in [0.2, 0.25) is 29.5 Å². The highest BCUT2D eigenvalue weighted by molar-refractivity contribution is 8.00. The minimum absolute atomic E-state index is 0.00622. The van der Waals surface area contributed by atoms with Crippen LogP contribution in [0.15, 0.2) is 57.4 Å². The van der Waals surface area contributed by atoms with Gasteiger partial charge in [0.05, 0.1) is 135 Å². The second kappa shape index (κ2) is 37.4. The molecule has 2 atom stereocenters. The van der Waals surface area contributed by atoms with Gasteiger partial charge in [-0.15, -0.1) is 11.8 Å². The first-order valence-corrected chi connectivity index (χ1v) is 29.7. The summed E-state index contributed by atoms with van der Waals surface area (Å²) in [4.78, 5) is 99.4. The van der Waals surface area contributed by atoms with Crippen molar-refractivity contribution < 1.29 is 80.6 Å². The molecule has 4 N–H and O–H groups in total. The number of carbonyl (C=O) groups is 7. The van der Waals surface area contributed by atoms with Gasteiger partial charge in [-0.05, 0) is 43.4 Å². The highest BCUT2D eigenvalue weighted by Crippen LogP contribution is 2.32. The van der Waals surface area contributed by atoms with Crippen molar-refractivity contribution in [1.29, 1.82) is 0 Å². The fourth-order valence-corrected chi connectivity index (χ4v) is 9.43. The van der Waals surface area contributed by atoms with Crippen LogP contribution in [0.2, 0.25) is 0 Å². The average molecular weight is 1200 g/mol. The number of anilines is 2. The van der Waals surface area contributed by atoms with Gasteiger partial charge in [-0.1, -0.05) is 58.1 Å². The first-order chi connectivity index (χ1) is 40.0. The smallest absolute Gasteiger partial charge is 0.410 e. The fourth-order valence-electron chi connectivity index (χ4n) is 7.71. The van der Waals surface area contributed by atoms with Gasteiger partial charge in [0.15, 0.2) is 5.13 Å². The number of oxazole rings is 1. The number of benzene rings is 1. The molecule has 5 rings (SSSR count). The van der Waals surface area contributed by atoms with E-state index >= 15 is 0 Å². The first kappa shape index (κ1) is 67.9. The molecular formula is C56H82N8O17S2. The van der Waals surface area contributed by atoms with Crippen molar-refractivity contribution in [3.8, 4) is 0 Å². The van der Waals surface area contributed by atoms with Gasteiger partial charge in [0.1, 0.15) is 24.5 Å². The Morgan fingerprint density at radius 3 is 1.73 bits per heavy atom. The van der Waals surface area contributed by atoms with E-state index in [2.05, 4.69) is 52.0 Å². The molecule has 83 heavy (non-hydrogen) atoms. The molecule has 1 fully saturated rings. The normalized spacial score (nSPS) is 14.5. The minimum atomic E-state index is -0.926. The van der Waals surface area contributed by atoms with Crippen LogP contribution in [0.1, 0.15) is 78.0 Å². The maximum absolute atomic E-state index is 13.2. The number of nitrogens with one attached hydrogen (secondary N) is 4. The third kappa shape index (κ3) is 26.3. The summed E-state index contributed by atoms with van der Waals surface area (Å²) in [7, 11) is 0. The summed E-state index contributed by atoms with van der Waals surface area (Å²) in [6.45, 7) is 18.0. The Morgan fingerprint density at radius 1 is 0.687 bits per heavy atom. The van der Waals surface area contributed by atoms with E-state index in [0.717, 1.165) is 14.9 Å². The van der Waals surface area contributed by atoms with E-state index in [9.17, 15) is 33.6 Å². The van der Waals surface area contributed by atoms with Gasteiger partial charge in [0.25, 0.3) is 11.8 Å². The number of likely N-dealkylation sites (tertiary alicyclic amines) is 1. The van der Waals surface area contributed by atoms with Crippen molar-refractivity contribution in [3.05, 3.63) is 66.0 Å². The number of hydrogen-bond acceptors (Lipinski definition) is 21. The number of nitrogens with zero attached hydrogens (tertiary/aromatic N) is 4. The van der Waals surface area contributed by atoms with E-state index in [1.165, 1.54) is 35.3 Å². The van der Waals surface area contributed by atoms with Gasteiger partial charge in [-0.25, -0.2) is 14.8 Å². The van der Waals surface area contributed by atoms with E-state index in [1.54, 1.807) is 62.3 Å². The molecule has 1 aromatic carbocycles. The van der Waals surface area contributed by atoms with Crippen molar-refractivity contribution in [2.45, 2.75) is 94.9 Å². The molecular weight excluding hydrogens is 1120 g/mol. The largest absolute Gasteiger partial charge is 0.445 e. The summed E-state index contributed by atoms with van der Waals surface area (Å²) in [5, 5.41) is 11.6. The predicted molar refractivity (Wildman–Crippen MR) is 306 cm³/mol. The third-order valence-electron chi connectivity index (χ3n) is 12.5. The second-order valence-electron chi connectivity index (χ2n) is 20.5. The SMILES string of the molecule is CC(C)[C@@H](NC(=O)CCOCCOCCOCCOCCOCCOCCOCCOCCN1C(=O)C=CC1=O)C(=O)N[C@H](C)C(=O)Nc1ccc(COC(=O)N2CCC(C(=O)Nc3ncc(SCc4ncc(C(C)(C)C)o4)s3)CC2)cc1. The molecule has 1 saturated heterocycles. The van der Waals surface area contributed by atoms with E-state index < -0.39 is 30.0 Å². The molecule has 460 valence electrons. The van der Waals surface area contributed by atoms with Crippen LogP contribution >= 0.6 is 23.1 Å². The maximum Gasteiger partial charge on any atom is 0.410 e. The molecule has 0 radical (unpaired) electrons.